The van der Waals surface area contributed by atoms with Gasteiger partial charge in [-0.3, -0.25) is 4.72 Å². The zero-order valence-corrected chi connectivity index (χ0v) is 14.0. The molecule has 2 aromatic rings. The number of aromatic nitrogens is 1. The first-order chi connectivity index (χ1) is 10.4. The maximum absolute atomic E-state index is 12.3. The molecular formula is C13H12Cl2N2O4S. The van der Waals surface area contributed by atoms with Gasteiger partial charge in [0.15, 0.2) is 0 Å². The van der Waals surface area contributed by atoms with Crippen molar-refractivity contribution in [1.29, 1.82) is 0 Å². The number of methoxy groups -OCH3 is 2. The minimum atomic E-state index is -3.88. The summed E-state index contributed by atoms with van der Waals surface area (Å²) in [6.07, 6.45) is 1.12. The molecule has 0 fully saturated rings. The number of halogens is 2. The fourth-order valence-electron chi connectivity index (χ4n) is 1.64. The quantitative estimate of drug-likeness (QED) is 0.826. The molecule has 1 aromatic carbocycles. The molecule has 0 bridgehead atoms. The van der Waals surface area contributed by atoms with Gasteiger partial charge in [0.2, 0.25) is 0 Å². The van der Waals surface area contributed by atoms with Crippen molar-refractivity contribution in [3.05, 3.63) is 40.6 Å². The van der Waals surface area contributed by atoms with Gasteiger partial charge >= 0.3 is 0 Å². The van der Waals surface area contributed by atoms with Gasteiger partial charge in [-0.25, -0.2) is 13.4 Å². The second-order valence-electron chi connectivity index (χ2n) is 4.12. The molecule has 0 aliphatic rings. The molecule has 0 aliphatic carbocycles. The van der Waals surface area contributed by atoms with E-state index in [9.17, 15) is 8.42 Å². The van der Waals surface area contributed by atoms with E-state index in [0.717, 1.165) is 6.20 Å². The van der Waals surface area contributed by atoms with Crippen molar-refractivity contribution in [2.45, 2.75) is 4.90 Å². The highest BCUT2D eigenvalue weighted by Gasteiger charge is 2.18. The molecular weight excluding hydrogens is 351 g/mol. The lowest BCUT2D eigenvalue weighted by molar-refractivity contribution is 0.395. The van der Waals surface area contributed by atoms with E-state index < -0.39 is 10.0 Å². The Morgan fingerprint density at radius 1 is 1.14 bits per heavy atom. The predicted octanol–water partition coefficient (Wildman–Crippen LogP) is 3.21. The molecule has 0 saturated carbocycles. The third-order valence-corrected chi connectivity index (χ3v) is 4.75. The highest BCUT2D eigenvalue weighted by atomic mass is 35.5. The summed E-state index contributed by atoms with van der Waals surface area (Å²) in [4.78, 5) is 3.61. The zero-order valence-electron chi connectivity index (χ0n) is 11.6. The van der Waals surface area contributed by atoms with Gasteiger partial charge in [0.05, 0.1) is 24.9 Å². The first kappa shape index (κ1) is 16.7. The third kappa shape index (κ3) is 3.55. The highest BCUT2D eigenvalue weighted by Crippen LogP contribution is 2.31. The van der Waals surface area contributed by atoms with Crippen LogP contribution in [0.4, 0.5) is 5.69 Å². The molecule has 0 saturated heterocycles. The lowest BCUT2D eigenvalue weighted by Crippen LogP contribution is -2.14. The van der Waals surface area contributed by atoms with E-state index in [2.05, 4.69) is 9.71 Å². The maximum Gasteiger partial charge on any atom is 0.263 e. The highest BCUT2D eigenvalue weighted by molar-refractivity contribution is 7.92. The van der Waals surface area contributed by atoms with Crippen LogP contribution in [-0.2, 0) is 10.0 Å². The second kappa shape index (κ2) is 6.60. The molecule has 0 atom stereocenters. The number of anilines is 1. The van der Waals surface area contributed by atoms with Crippen LogP contribution < -0.4 is 14.2 Å². The monoisotopic (exact) mass is 362 g/mol. The number of nitrogens with one attached hydrogen (secondary N) is 1. The van der Waals surface area contributed by atoms with Crippen LogP contribution in [0.2, 0.25) is 10.2 Å². The van der Waals surface area contributed by atoms with E-state index >= 15 is 0 Å². The van der Waals surface area contributed by atoms with E-state index in [-0.39, 0.29) is 20.8 Å². The molecule has 0 spiro atoms. The Balaban J connectivity index is 2.38. The van der Waals surface area contributed by atoms with Crippen molar-refractivity contribution in [2.24, 2.45) is 0 Å². The lowest BCUT2D eigenvalue weighted by atomic mass is 10.3. The molecule has 9 heteroatoms. The standard InChI is InChI=1S/C13H12Cl2N2O4S/c1-20-8-3-4-11(12(5-8)21-2)17-22(18,19)9-6-10(14)13(15)16-7-9/h3-7,17H,1-2H3. The molecule has 1 heterocycles. The number of nitrogens with zero attached hydrogens (tertiary/aromatic N) is 1. The number of hydrogen-bond donors (Lipinski definition) is 1. The van der Waals surface area contributed by atoms with E-state index in [1.165, 1.54) is 26.4 Å². The normalized spacial score (nSPS) is 11.1. The summed E-state index contributed by atoms with van der Waals surface area (Å²) in [5, 5.41) is 0.0777. The largest absolute Gasteiger partial charge is 0.497 e. The summed E-state index contributed by atoms with van der Waals surface area (Å²) < 4.78 is 37.3. The van der Waals surface area contributed by atoms with Gasteiger partial charge in [0.1, 0.15) is 21.5 Å². The summed E-state index contributed by atoms with van der Waals surface area (Å²) in [5.74, 6) is 0.854. The van der Waals surface area contributed by atoms with Gasteiger partial charge < -0.3 is 9.47 Å². The van der Waals surface area contributed by atoms with Crippen molar-refractivity contribution in [2.75, 3.05) is 18.9 Å². The van der Waals surface area contributed by atoms with Crippen molar-refractivity contribution in [1.82, 2.24) is 4.98 Å². The molecule has 0 radical (unpaired) electrons. The van der Waals surface area contributed by atoms with Gasteiger partial charge in [-0.1, -0.05) is 23.2 Å². The molecule has 0 unspecified atom stereocenters. The van der Waals surface area contributed by atoms with Crippen LogP contribution in [0.3, 0.4) is 0 Å². The second-order valence-corrected chi connectivity index (χ2v) is 6.56. The van der Waals surface area contributed by atoms with Gasteiger partial charge in [0.25, 0.3) is 10.0 Å². The van der Waals surface area contributed by atoms with Crippen LogP contribution in [-0.4, -0.2) is 27.6 Å². The van der Waals surface area contributed by atoms with Gasteiger partial charge in [0, 0.05) is 12.3 Å². The van der Waals surface area contributed by atoms with Crippen molar-refractivity contribution < 1.29 is 17.9 Å². The Hall–Kier alpha value is -1.70. The Kier molecular flexibility index (Phi) is 5.00. The minimum absolute atomic E-state index is 0.0302. The molecule has 1 aromatic heterocycles. The lowest BCUT2D eigenvalue weighted by Gasteiger charge is -2.13. The fraction of sp³-hybridized carbons (Fsp3) is 0.154. The zero-order chi connectivity index (χ0) is 16.3. The summed E-state index contributed by atoms with van der Waals surface area (Å²) in [7, 11) is -0.957. The van der Waals surface area contributed by atoms with E-state index in [1.807, 2.05) is 0 Å². The van der Waals surface area contributed by atoms with Crippen molar-refractivity contribution >= 4 is 38.9 Å². The third-order valence-electron chi connectivity index (χ3n) is 2.73. The number of hydrogen-bond acceptors (Lipinski definition) is 5. The average Bonchev–Trinajstić information content (AvgIpc) is 2.50. The Morgan fingerprint density at radius 3 is 2.45 bits per heavy atom. The topological polar surface area (TPSA) is 77.5 Å². The molecule has 0 aliphatic heterocycles. The summed E-state index contributed by atoms with van der Waals surface area (Å²) in [5.41, 5.74) is 0.259. The molecule has 22 heavy (non-hydrogen) atoms. The van der Waals surface area contributed by atoms with Crippen LogP contribution in [0.5, 0.6) is 11.5 Å². The van der Waals surface area contributed by atoms with Gasteiger partial charge in [-0.05, 0) is 18.2 Å². The minimum Gasteiger partial charge on any atom is -0.497 e. The van der Waals surface area contributed by atoms with Crippen LogP contribution >= 0.6 is 23.2 Å². The number of benzene rings is 1. The number of rotatable bonds is 5. The van der Waals surface area contributed by atoms with E-state index in [1.54, 1.807) is 12.1 Å². The molecule has 1 N–H and O–H groups in total. The van der Waals surface area contributed by atoms with Crippen molar-refractivity contribution in [3.63, 3.8) is 0 Å². The van der Waals surface area contributed by atoms with Crippen molar-refractivity contribution in [3.8, 4) is 11.5 Å². The summed E-state index contributed by atoms with van der Waals surface area (Å²) in [6, 6.07) is 5.91. The number of ether oxygens (including phenoxy) is 2. The molecule has 6 nitrogen and oxygen atoms in total. The van der Waals surface area contributed by atoms with Gasteiger partial charge in [-0.2, -0.15) is 0 Å². The number of sulfonamides is 1. The van der Waals surface area contributed by atoms with E-state index in [4.69, 9.17) is 32.7 Å². The summed E-state index contributed by atoms with van der Waals surface area (Å²) in [6.45, 7) is 0. The molecule has 2 rings (SSSR count). The predicted molar refractivity (Wildman–Crippen MR) is 84.6 cm³/mol. The smallest absolute Gasteiger partial charge is 0.263 e. The first-order valence-electron chi connectivity index (χ1n) is 5.93. The van der Waals surface area contributed by atoms with Gasteiger partial charge in [-0.15, -0.1) is 0 Å². The van der Waals surface area contributed by atoms with Crippen LogP contribution in [0.15, 0.2) is 35.4 Å². The van der Waals surface area contributed by atoms with Crippen LogP contribution in [0, 0.1) is 0 Å². The average molecular weight is 363 g/mol. The molecule has 118 valence electrons. The SMILES string of the molecule is COc1ccc(NS(=O)(=O)c2cnc(Cl)c(Cl)c2)c(OC)c1. The number of pyridine rings is 1. The van der Waals surface area contributed by atoms with Crippen LogP contribution in [0.25, 0.3) is 0 Å². The summed E-state index contributed by atoms with van der Waals surface area (Å²) >= 11 is 11.5. The maximum atomic E-state index is 12.3. The van der Waals surface area contributed by atoms with E-state index in [0.29, 0.717) is 11.5 Å². The molecule has 0 amide bonds. The fourth-order valence-corrected chi connectivity index (χ4v) is 3.01. The Labute approximate surface area is 138 Å². The first-order valence-corrected chi connectivity index (χ1v) is 8.17. The Morgan fingerprint density at radius 2 is 1.86 bits per heavy atom. The Bertz CT molecular complexity index is 797. The van der Waals surface area contributed by atoms with Crippen LogP contribution in [0.1, 0.15) is 0 Å².